The van der Waals surface area contributed by atoms with Gasteiger partial charge in [-0.15, -0.1) is 0 Å². The van der Waals surface area contributed by atoms with Gasteiger partial charge in [0.15, 0.2) is 5.69 Å². The van der Waals surface area contributed by atoms with Crippen LogP contribution in [0.5, 0.6) is 0 Å². The van der Waals surface area contributed by atoms with Crippen LogP contribution in [0.3, 0.4) is 0 Å². The normalized spacial score (nSPS) is 17.6. The van der Waals surface area contributed by atoms with Crippen LogP contribution in [0, 0.1) is 11.3 Å². The molecule has 2 aliphatic heterocycles. The maximum atomic E-state index is 12.7. The number of aromatic nitrogens is 2. The van der Waals surface area contributed by atoms with Gasteiger partial charge in [0.25, 0.3) is 5.91 Å². The predicted molar refractivity (Wildman–Crippen MR) is 94.3 cm³/mol. The highest BCUT2D eigenvalue weighted by molar-refractivity contribution is 5.94. The number of ether oxygens (including phenoxy) is 1. The van der Waals surface area contributed by atoms with E-state index in [1.807, 2.05) is 29.2 Å². The zero-order valence-corrected chi connectivity index (χ0v) is 14.6. The lowest BCUT2D eigenvalue weighted by Crippen LogP contribution is -2.41. The smallest absolute Gasteiger partial charge is 0.274 e. The Morgan fingerprint density at radius 1 is 1.31 bits per heavy atom. The minimum atomic E-state index is 0.000899. The van der Waals surface area contributed by atoms with Crippen LogP contribution in [0.4, 0.5) is 0 Å². The fourth-order valence-electron chi connectivity index (χ4n) is 3.60. The van der Waals surface area contributed by atoms with Crippen molar-refractivity contribution in [2.75, 3.05) is 32.8 Å². The van der Waals surface area contributed by atoms with Gasteiger partial charge in [0.2, 0.25) is 0 Å². The molecule has 0 atom stereocenters. The van der Waals surface area contributed by atoms with E-state index in [2.05, 4.69) is 21.2 Å². The molecule has 3 heterocycles. The third kappa shape index (κ3) is 3.34. The van der Waals surface area contributed by atoms with E-state index >= 15 is 0 Å². The molecule has 2 aromatic rings. The Morgan fingerprint density at radius 3 is 2.96 bits per heavy atom. The first kappa shape index (κ1) is 16.8. The summed E-state index contributed by atoms with van der Waals surface area (Å²) in [6.07, 6.45) is 0.801. The van der Waals surface area contributed by atoms with Crippen molar-refractivity contribution in [3.63, 3.8) is 0 Å². The highest BCUT2D eigenvalue weighted by Crippen LogP contribution is 2.23. The van der Waals surface area contributed by atoms with Gasteiger partial charge in [0.1, 0.15) is 0 Å². The number of hydrogen-bond acceptors (Lipinski definition) is 5. The Hall–Kier alpha value is -2.69. The predicted octanol–water partition coefficient (Wildman–Crippen LogP) is 1.31. The number of morpholine rings is 1. The van der Waals surface area contributed by atoms with Crippen molar-refractivity contribution < 1.29 is 9.53 Å². The summed E-state index contributed by atoms with van der Waals surface area (Å²) in [6, 6.07) is 9.88. The number of nitrogens with one attached hydrogen (secondary N) is 1. The van der Waals surface area contributed by atoms with E-state index in [1.54, 1.807) is 0 Å². The van der Waals surface area contributed by atoms with Gasteiger partial charge < -0.3 is 9.64 Å². The molecule has 134 valence electrons. The molecule has 0 saturated carbocycles. The Balaban J connectivity index is 1.46. The minimum Gasteiger partial charge on any atom is -0.378 e. The molecule has 7 nitrogen and oxygen atoms in total. The lowest BCUT2D eigenvalue weighted by atomic mass is 10.0. The summed E-state index contributed by atoms with van der Waals surface area (Å²) < 4.78 is 5.32. The zero-order chi connectivity index (χ0) is 17.9. The standard InChI is InChI=1S/C19H21N5O2/c20-11-14-2-1-3-15(10-14)12-23-5-4-16-17(13-23)21-22-18(16)19(25)24-6-8-26-9-7-24/h1-3,10H,4-9,12-13H2,(H,21,22). The second-order valence-corrected chi connectivity index (χ2v) is 6.71. The molecule has 2 aliphatic rings. The maximum absolute atomic E-state index is 12.7. The van der Waals surface area contributed by atoms with Crippen molar-refractivity contribution in [2.45, 2.75) is 19.5 Å². The number of hydrogen-bond donors (Lipinski definition) is 1. The molecular weight excluding hydrogens is 330 g/mol. The Kier molecular flexibility index (Phi) is 4.69. The maximum Gasteiger partial charge on any atom is 0.274 e. The van der Waals surface area contributed by atoms with Gasteiger partial charge >= 0.3 is 0 Å². The van der Waals surface area contributed by atoms with Crippen molar-refractivity contribution in [2.24, 2.45) is 0 Å². The van der Waals surface area contributed by atoms with Crippen molar-refractivity contribution in [3.8, 4) is 6.07 Å². The highest BCUT2D eigenvalue weighted by Gasteiger charge is 2.28. The van der Waals surface area contributed by atoms with E-state index in [0.717, 1.165) is 42.9 Å². The van der Waals surface area contributed by atoms with Gasteiger partial charge in [-0.25, -0.2) is 0 Å². The van der Waals surface area contributed by atoms with Gasteiger partial charge in [-0.3, -0.25) is 14.8 Å². The Morgan fingerprint density at radius 2 is 2.15 bits per heavy atom. The van der Waals surface area contributed by atoms with E-state index in [1.165, 1.54) is 0 Å². The third-order valence-corrected chi connectivity index (χ3v) is 4.98. The van der Waals surface area contributed by atoms with Crippen LogP contribution >= 0.6 is 0 Å². The number of nitriles is 1. The molecule has 0 bridgehead atoms. The quantitative estimate of drug-likeness (QED) is 0.901. The summed E-state index contributed by atoms with van der Waals surface area (Å²) in [4.78, 5) is 16.8. The number of rotatable bonds is 3. The fraction of sp³-hybridized carbons (Fsp3) is 0.421. The van der Waals surface area contributed by atoms with Crippen LogP contribution in [0.1, 0.15) is 32.9 Å². The van der Waals surface area contributed by atoms with Crippen molar-refractivity contribution >= 4 is 5.91 Å². The summed E-state index contributed by atoms with van der Waals surface area (Å²) in [6.45, 7) is 4.81. The van der Waals surface area contributed by atoms with E-state index in [0.29, 0.717) is 37.6 Å². The molecule has 1 aromatic carbocycles. The largest absolute Gasteiger partial charge is 0.378 e. The summed E-state index contributed by atoms with van der Waals surface area (Å²) >= 11 is 0. The van der Waals surface area contributed by atoms with E-state index in [4.69, 9.17) is 10.00 Å². The number of fused-ring (bicyclic) bond motifs is 1. The van der Waals surface area contributed by atoms with Crippen LogP contribution in [-0.4, -0.2) is 58.8 Å². The van der Waals surface area contributed by atoms with Crippen LogP contribution in [0.2, 0.25) is 0 Å². The van der Waals surface area contributed by atoms with Gasteiger partial charge in [-0.1, -0.05) is 12.1 Å². The SMILES string of the molecule is N#Cc1cccc(CN2CCc3c(C(=O)N4CCOCC4)n[nH]c3C2)c1. The first-order valence-corrected chi connectivity index (χ1v) is 8.89. The summed E-state index contributed by atoms with van der Waals surface area (Å²) in [5, 5.41) is 16.4. The van der Waals surface area contributed by atoms with Crippen LogP contribution < -0.4 is 0 Å². The number of benzene rings is 1. The number of H-pyrrole nitrogens is 1. The Bertz CT molecular complexity index is 848. The number of amides is 1. The number of aromatic amines is 1. The molecule has 4 rings (SSSR count). The van der Waals surface area contributed by atoms with Gasteiger partial charge in [0, 0.05) is 38.3 Å². The molecular formula is C19H21N5O2. The second kappa shape index (κ2) is 7.28. The van der Waals surface area contributed by atoms with Gasteiger partial charge in [0.05, 0.1) is 30.5 Å². The number of carbonyl (C=O) groups is 1. The average Bonchev–Trinajstić information content (AvgIpc) is 3.11. The molecule has 1 saturated heterocycles. The third-order valence-electron chi connectivity index (χ3n) is 4.98. The summed E-state index contributed by atoms with van der Waals surface area (Å²) in [5.41, 5.74) is 4.43. The average molecular weight is 351 g/mol. The second-order valence-electron chi connectivity index (χ2n) is 6.71. The molecule has 1 amide bonds. The zero-order valence-electron chi connectivity index (χ0n) is 14.6. The lowest BCUT2D eigenvalue weighted by Gasteiger charge is -2.28. The van der Waals surface area contributed by atoms with E-state index in [-0.39, 0.29) is 5.91 Å². The molecule has 1 N–H and O–H groups in total. The molecule has 0 spiro atoms. The summed E-state index contributed by atoms with van der Waals surface area (Å²) in [5.74, 6) is 0.000899. The molecule has 0 aliphatic carbocycles. The Labute approximate surface area is 152 Å². The number of nitrogens with zero attached hydrogens (tertiary/aromatic N) is 4. The van der Waals surface area contributed by atoms with Crippen LogP contribution in [0.15, 0.2) is 24.3 Å². The number of carbonyl (C=O) groups excluding carboxylic acids is 1. The van der Waals surface area contributed by atoms with Gasteiger partial charge in [-0.2, -0.15) is 10.4 Å². The molecule has 26 heavy (non-hydrogen) atoms. The summed E-state index contributed by atoms with van der Waals surface area (Å²) in [7, 11) is 0. The molecule has 7 heteroatoms. The highest BCUT2D eigenvalue weighted by atomic mass is 16.5. The van der Waals surface area contributed by atoms with Crippen molar-refractivity contribution in [1.82, 2.24) is 20.0 Å². The topological polar surface area (TPSA) is 85.2 Å². The fourth-order valence-corrected chi connectivity index (χ4v) is 3.60. The van der Waals surface area contributed by atoms with Crippen molar-refractivity contribution in [3.05, 3.63) is 52.3 Å². The van der Waals surface area contributed by atoms with E-state index < -0.39 is 0 Å². The van der Waals surface area contributed by atoms with Crippen LogP contribution in [0.25, 0.3) is 0 Å². The van der Waals surface area contributed by atoms with Crippen LogP contribution in [-0.2, 0) is 24.2 Å². The monoisotopic (exact) mass is 351 g/mol. The molecule has 0 unspecified atom stereocenters. The first-order valence-electron chi connectivity index (χ1n) is 8.89. The molecule has 0 radical (unpaired) electrons. The molecule has 1 fully saturated rings. The van der Waals surface area contributed by atoms with Gasteiger partial charge in [-0.05, 0) is 24.1 Å². The minimum absolute atomic E-state index is 0.000899. The first-order chi connectivity index (χ1) is 12.7. The van der Waals surface area contributed by atoms with E-state index in [9.17, 15) is 4.79 Å². The van der Waals surface area contributed by atoms with Crippen molar-refractivity contribution in [1.29, 1.82) is 5.26 Å². The molecule has 1 aromatic heterocycles. The lowest BCUT2D eigenvalue weighted by molar-refractivity contribution is 0.0298.